The van der Waals surface area contributed by atoms with Gasteiger partial charge in [0.05, 0.1) is 17.5 Å². The summed E-state index contributed by atoms with van der Waals surface area (Å²) < 4.78 is 18.3. The molecule has 0 aliphatic carbocycles. The summed E-state index contributed by atoms with van der Waals surface area (Å²) in [5, 5.41) is 11.1. The number of halogens is 1. The Kier molecular flexibility index (Phi) is 7.28. The quantitative estimate of drug-likeness (QED) is 0.147. The Balaban J connectivity index is 1.45. The van der Waals surface area contributed by atoms with E-state index in [1.54, 1.807) is 18.2 Å². The van der Waals surface area contributed by atoms with E-state index in [9.17, 15) is 10.1 Å². The number of carbonyl (C=O) groups is 1. The van der Waals surface area contributed by atoms with Gasteiger partial charge in [-0.05, 0) is 48.7 Å². The van der Waals surface area contributed by atoms with E-state index in [0.717, 1.165) is 45.4 Å². The van der Waals surface area contributed by atoms with Crippen LogP contribution in [0.4, 0.5) is 0 Å². The Bertz CT molecular complexity index is 1620. The lowest BCUT2D eigenvalue weighted by Crippen LogP contribution is -2.21. The average Bonchev–Trinajstić information content (AvgIpc) is 3.23. The number of nitrogens with zero attached hydrogens (tertiary/aromatic N) is 1. The van der Waals surface area contributed by atoms with Crippen molar-refractivity contribution >= 4 is 39.0 Å². The Hall–Kier alpha value is -3.99. The van der Waals surface area contributed by atoms with Crippen LogP contribution in [0.5, 0.6) is 17.2 Å². The molecule has 3 aromatic carbocycles. The van der Waals surface area contributed by atoms with Crippen molar-refractivity contribution in [3.8, 4) is 23.3 Å². The number of fused-ring (bicyclic) bond motifs is 2. The molecule has 0 saturated carbocycles. The van der Waals surface area contributed by atoms with Crippen LogP contribution in [0.15, 0.2) is 72.1 Å². The van der Waals surface area contributed by atoms with Gasteiger partial charge in [0, 0.05) is 21.7 Å². The summed E-state index contributed by atoms with van der Waals surface area (Å²) in [5.41, 5.74) is 9.13. The van der Waals surface area contributed by atoms with Crippen molar-refractivity contribution in [3.05, 3.63) is 98.7 Å². The van der Waals surface area contributed by atoms with Crippen molar-refractivity contribution in [1.82, 2.24) is 0 Å². The van der Waals surface area contributed by atoms with E-state index in [1.807, 2.05) is 49.4 Å². The summed E-state index contributed by atoms with van der Waals surface area (Å²) in [6.45, 7) is 4.71. The van der Waals surface area contributed by atoms with Gasteiger partial charge in [0.15, 0.2) is 0 Å². The van der Waals surface area contributed by atoms with Crippen molar-refractivity contribution in [3.63, 3.8) is 0 Å². The molecule has 8 heteroatoms. The molecule has 4 aromatic rings. The van der Waals surface area contributed by atoms with Crippen LogP contribution in [0.1, 0.15) is 52.0 Å². The summed E-state index contributed by atoms with van der Waals surface area (Å²) in [6.07, 6.45) is 1.99. The molecule has 0 fully saturated rings. The molecule has 5 rings (SSSR count). The number of nitriles is 1. The Morgan fingerprint density at radius 3 is 2.79 bits per heavy atom. The van der Waals surface area contributed by atoms with Crippen molar-refractivity contribution in [2.75, 3.05) is 6.61 Å². The summed E-state index contributed by atoms with van der Waals surface area (Å²) in [5.74, 6) is 0.409. The second kappa shape index (κ2) is 10.8. The van der Waals surface area contributed by atoms with Gasteiger partial charge in [-0.2, -0.15) is 5.26 Å². The number of unbranched alkanes of at least 4 members (excludes halogenated alkanes) is 1. The van der Waals surface area contributed by atoms with Gasteiger partial charge in [0.1, 0.15) is 33.8 Å². The van der Waals surface area contributed by atoms with Crippen LogP contribution >= 0.6 is 22.9 Å². The first-order chi connectivity index (χ1) is 18.4. The largest absolute Gasteiger partial charge is 0.494 e. The van der Waals surface area contributed by atoms with E-state index < -0.39 is 11.9 Å². The van der Waals surface area contributed by atoms with E-state index in [-0.39, 0.29) is 11.6 Å². The van der Waals surface area contributed by atoms with E-state index in [0.29, 0.717) is 27.8 Å². The lowest BCUT2D eigenvalue weighted by atomic mass is 9.83. The summed E-state index contributed by atoms with van der Waals surface area (Å²) in [6, 6.07) is 20.7. The van der Waals surface area contributed by atoms with Crippen LogP contribution in [-0.2, 0) is 0 Å². The van der Waals surface area contributed by atoms with Crippen LogP contribution in [0.3, 0.4) is 0 Å². The number of esters is 1. The van der Waals surface area contributed by atoms with Crippen molar-refractivity contribution in [2.45, 2.75) is 32.6 Å². The lowest BCUT2D eigenvalue weighted by Gasteiger charge is -2.27. The normalized spacial score (nSPS) is 14.5. The Labute approximate surface area is 229 Å². The predicted molar refractivity (Wildman–Crippen MR) is 149 cm³/mol. The van der Waals surface area contributed by atoms with E-state index in [2.05, 4.69) is 13.0 Å². The fourth-order valence-electron chi connectivity index (χ4n) is 4.42. The highest BCUT2D eigenvalue weighted by Gasteiger charge is 2.31. The number of thiophene rings is 1. The van der Waals surface area contributed by atoms with E-state index >= 15 is 0 Å². The Morgan fingerprint density at radius 2 is 2.00 bits per heavy atom. The summed E-state index contributed by atoms with van der Waals surface area (Å²) in [4.78, 5) is 13.4. The van der Waals surface area contributed by atoms with E-state index in [1.165, 1.54) is 11.3 Å². The fraction of sp³-hybridized carbons (Fsp3) is 0.200. The second-order valence-electron chi connectivity index (χ2n) is 9.03. The zero-order valence-electron chi connectivity index (χ0n) is 20.9. The third-order valence-corrected chi connectivity index (χ3v) is 7.97. The molecule has 1 aliphatic heterocycles. The van der Waals surface area contributed by atoms with Crippen LogP contribution in [0.2, 0.25) is 5.02 Å². The number of hydrogen-bond donors (Lipinski definition) is 1. The zero-order chi connectivity index (χ0) is 26.8. The number of allylic oxidation sites excluding steroid dienone is 1. The lowest BCUT2D eigenvalue weighted by molar-refractivity contribution is 0.0740. The molecular formula is C30H25ClN2O4S. The maximum absolute atomic E-state index is 13.0. The molecule has 38 heavy (non-hydrogen) atoms. The van der Waals surface area contributed by atoms with Gasteiger partial charge in [-0.15, -0.1) is 11.3 Å². The van der Waals surface area contributed by atoms with Crippen LogP contribution in [0, 0.1) is 18.3 Å². The van der Waals surface area contributed by atoms with Crippen LogP contribution < -0.4 is 19.9 Å². The standard InChI is InChI=1S/C30H25ClN2O4S/c1-3-4-12-35-19-7-5-6-18(14-19)26-21-11-9-20(15-24(21)37-29(33)23(26)16-32)36-30(34)28-27(31)22-10-8-17(2)13-25(22)38-28/h5-11,13-15,26H,3-4,12,33H2,1-2H3. The molecule has 2 heterocycles. The molecule has 6 nitrogen and oxygen atoms in total. The highest BCUT2D eigenvalue weighted by molar-refractivity contribution is 7.21. The third kappa shape index (κ3) is 4.93. The third-order valence-electron chi connectivity index (χ3n) is 6.33. The van der Waals surface area contributed by atoms with E-state index in [4.69, 9.17) is 31.5 Å². The minimum atomic E-state index is -0.556. The van der Waals surface area contributed by atoms with Gasteiger partial charge >= 0.3 is 5.97 Å². The molecule has 192 valence electrons. The number of ether oxygens (including phenoxy) is 3. The fourth-order valence-corrected chi connectivity index (χ4v) is 5.90. The Morgan fingerprint density at radius 1 is 1.16 bits per heavy atom. The number of rotatable bonds is 7. The highest BCUT2D eigenvalue weighted by atomic mass is 35.5. The molecule has 1 aliphatic rings. The smallest absolute Gasteiger partial charge is 0.355 e. The first kappa shape index (κ1) is 25.7. The molecule has 1 atom stereocenters. The van der Waals surface area contributed by atoms with Crippen molar-refractivity contribution in [2.24, 2.45) is 5.73 Å². The first-order valence-electron chi connectivity index (χ1n) is 12.2. The number of benzene rings is 3. The summed E-state index contributed by atoms with van der Waals surface area (Å²) in [7, 11) is 0. The monoisotopic (exact) mass is 544 g/mol. The molecule has 0 radical (unpaired) electrons. The van der Waals surface area contributed by atoms with Gasteiger partial charge in [-0.25, -0.2) is 4.79 Å². The number of hydrogen-bond acceptors (Lipinski definition) is 7. The zero-order valence-corrected chi connectivity index (χ0v) is 22.5. The van der Waals surface area contributed by atoms with Gasteiger partial charge in [0.2, 0.25) is 5.88 Å². The molecular weight excluding hydrogens is 520 g/mol. The second-order valence-corrected chi connectivity index (χ2v) is 10.5. The minimum Gasteiger partial charge on any atom is -0.494 e. The SMILES string of the molecule is CCCCOc1cccc(C2C(C#N)=C(N)Oc3cc(OC(=O)c4sc5cc(C)ccc5c4Cl)ccc32)c1. The maximum Gasteiger partial charge on any atom is 0.355 e. The van der Waals surface area contributed by atoms with Crippen LogP contribution in [0.25, 0.3) is 10.1 Å². The number of nitrogens with two attached hydrogens (primary N) is 1. The first-order valence-corrected chi connectivity index (χ1v) is 13.4. The molecule has 2 N–H and O–H groups in total. The maximum atomic E-state index is 13.0. The van der Waals surface area contributed by atoms with Crippen molar-refractivity contribution in [1.29, 1.82) is 5.26 Å². The molecule has 0 saturated heterocycles. The minimum absolute atomic E-state index is 0.00806. The topological polar surface area (TPSA) is 94.6 Å². The van der Waals surface area contributed by atoms with Crippen LogP contribution in [-0.4, -0.2) is 12.6 Å². The summed E-state index contributed by atoms with van der Waals surface area (Å²) >= 11 is 7.79. The molecule has 1 aromatic heterocycles. The van der Waals surface area contributed by atoms with Gasteiger partial charge in [-0.1, -0.05) is 55.3 Å². The predicted octanol–water partition coefficient (Wildman–Crippen LogP) is 7.48. The highest BCUT2D eigenvalue weighted by Crippen LogP contribution is 2.44. The number of aryl methyl sites for hydroxylation is 1. The number of carbonyl (C=O) groups excluding carboxylic acids is 1. The molecule has 1 unspecified atom stereocenters. The molecule has 0 amide bonds. The van der Waals surface area contributed by atoms with Crippen molar-refractivity contribution < 1.29 is 19.0 Å². The van der Waals surface area contributed by atoms with Gasteiger partial charge in [0.25, 0.3) is 0 Å². The van der Waals surface area contributed by atoms with Gasteiger partial charge in [-0.3, -0.25) is 0 Å². The molecule has 0 spiro atoms. The molecule has 0 bridgehead atoms. The van der Waals surface area contributed by atoms with Gasteiger partial charge < -0.3 is 19.9 Å². The average molecular weight is 545 g/mol.